The van der Waals surface area contributed by atoms with E-state index in [4.69, 9.17) is 22.1 Å². The minimum atomic E-state index is -0.620. The number of rotatable bonds is 6. The third kappa shape index (κ3) is 4.13. The van der Waals surface area contributed by atoms with Crippen LogP contribution in [-0.4, -0.2) is 40.2 Å². The van der Waals surface area contributed by atoms with Crippen LogP contribution in [0.2, 0.25) is 5.15 Å². The van der Waals surface area contributed by atoms with Gasteiger partial charge in [-0.05, 0) is 37.8 Å². The van der Waals surface area contributed by atoms with Gasteiger partial charge in [0.05, 0.1) is 12.3 Å². The number of ether oxygens (including phenoxy) is 1. The summed E-state index contributed by atoms with van der Waals surface area (Å²) < 4.78 is 6.84. The smallest absolute Gasteiger partial charge is 0.294 e. The molecule has 9 nitrogen and oxygen atoms in total. The molecule has 10 heteroatoms. The van der Waals surface area contributed by atoms with E-state index in [1.165, 1.54) is 4.57 Å². The highest BCUT2D eigenvalue weighted by Gasteiger charge is 2.32. The van der Waals surface area contributed by atoms with Gasteiger partial charge in [0.25, 0.3) is 5.56 Å². The Kier molecular flexibility index (Phi) is 5.92. The fourth-order valence-corrected chi connectivity index (χ4v) is 4.22. The van der Waals surface area contributed by atoms with Crippen molar-refractivity contribution in [2.24, 2.45) is 5.92 Å². The van der Waals surface area contributed by atoms with E-state index in [0.717, 1.165) is 24.3 Å². The van der Waals surface area contributed by atoms with Crippen molar-refractivity contribution < 1.29 is 9.53 Å². The molecule has 30 heavy (non-hydrogen) atoms. The zero-order valence-corrected chi connectivity index (χ0v) is 17.5. The predicted octanol–water partition coefficient (Wildman–Crippen LogP) is 1.43. The van der Waals surface area contributed by atoms with Crippen LogP contribution in [0.5, 0.6) is 0 Å². The van der Waals surface area contributed by atoms with Crippen molar-refractivity contribution in [1.29, 1.82) is 0 Å². The van der Waals surface area contributed by atoms with Crippen molar-refractivity contribution in [3.05, 3.63) is 44.6 Å². The molecule has 2 aromatic heterocycles. The molecule has 1 fully saturated rings. The third-order valence-corrected chi connectivity index (χ3v) is 5.98. The van der Waals surface area contributed by atoms with Crippen molar-refractivity contribution in [2.45, 2.75) is 38.8 Å². The molecule has 0 spiro atoms. The Labute approximate surface area is 179 Å². The van der Waals surface area contributed by atoms with Crippen LogP contribution >= 0.6 is 11.6 Å². The van der Waals surface area contributed by atoms with Gasteiger partial charge in [0.15, 0.2) is 11.0 Å². The van der Waals surface area contributed by atoms with Crippen LogP contribution in [-0.2, 0) is 22.5 Å². The number of anilines is 2. The molecule has 4 N–H and O–H groups in total. The van der Waals surface area contributed by atoms with Gasteiger partial charge in [-0.3, -0.25) is 14.2 Å². The molecule has 4 heterocycles. The molecule has 1 saturated heterocycles. The molecule has 160 valence electrons. The summed E-state index contributed by atoms with van der Waals surface area (Å²) in [5.41, 5.74) is 7.58. The summed E-state index contributed by atoms with van der Waals surface area (Å²) in [4.78, 5) is 34.4. The lowest BCUT2D eigenvalue weighted by Gasteiger charge is -2.17. The van der Waals surface area contributed by atoms with Crippen LogP contribution in [0.1, 0.15) is 35.8 Å². The topological polar surface area (TPSA) is 124 Å². The fourth-order valence-electron chi connectivity index (χ4n) is 3.95. The maximum atomic E-state index is 13.0. The number of aromatic nitrogens is 3. The lowest BCUT2D eigenvalue weighted by Crippen LogP contribution is -2.37. The second-order valence-electron chi connectivity index (χ2n) is 7.74. The molecule has 4 rings (SSSR count). The summed E-state index contributed by atoms with van der Waals surface area (Å²) in [5, 5.41) is 6.26. The molecule has 2 atom stereocenters. The molecule has 2 aliphatic heterocycles. The summed E-state index contributed by atoms with van der Waals surface area (Å²) in [6, 6.07) is 2.91. The van der Waals surface area contributed by atoms with Crippen molar-refractivity contribution in [2.75, 3.05) is 30.8 Å². The normalized spacial score (nSPS) is 20.2. The fraction of sp³-hybridized carbons (Fsp3) is 0.500. The van der Waals surface area contributed by atoms with Gasteiger partial charge in [-0.2, -0.15) is 0 Å². The molecule has 1 amide bonds. The van der Waals surface area contributed by atoms with Crippen LogP contribution in [0.25, 0.3) is 0 Å². The first-order valence-corrected chi connectivity index (χ1v) is 10.4. The van der Waals surface area contributed by atoms with Gasteiger partial charge < -0.3 is 21.1 Å². The van der Waals surface area contributed by atoms with Crippen molar-refractivity contribution in [3.63, 3.8) is 0 Å². The lowest BCUT2D eigenvalue weighted by molar-refractivity contribution is -0.124. The number of halogens is 1. The maximum absolute atomic E-state index is 13.0. The summed E-state index contributed by atoms with van der Waals surface area (Å²) >= 11 is 6.33. The molecule has 0 aromatic carbocycles. The average molecular weight is 433 g/mol. The van der Waals surface area contributed by atoms with Gasteiger partial charge in [0.2, 0.25) is 5.91 Å². The molecule has 0 saturated carbocycles. The minimum absolute atomic E-state index is 0.175. The van der Waals surface area contributed by atoms with Crippen LogP contribution in [0.3, 0.4) is 0 Å². The summed E-state index contributed by atoms with van der Waals surface area (Å²) in [6.45, 7) is 4.13. The number of hydrogen-bond acceptors (Lipinski definition) is 7. The molecule has 2 aliphatic rings. The van der Waals surface area contributed by atoms with E-state index in [-0.39, 0.29) is 22.4 Å². The number of carbonyl (C=O) groups excluding carboxylic acids is 1. The highest BCUT2D eigenvalue weighted by Crippen LogP contribution is 2.29. The van der Waals surface area contributed by atoms with Crippen LogP contribution < -0.4 is 21.9 Å². The first-order chi connectivity index (χ1) is 14.4. The number of pyridine rings is 1. The molecule has 0 bridgehead atoms. The Morgan fingerprint density at radius 2 is 2.20 bits per heavy atom. The number of hydrogen-bond donors (Lipinski definition) is 3. The number of nitrogen functional groups attached to an aromatic ring is 1. The summed E-state index contributed by atoms with van der Waals surface area (Å²) in [5.74, 6) is 0.711. The molecule has 2 unspecified atom stereocenters. The lowest BCUT2D eigenvalue weighted by atomic mass is 10.1. The Morgan fingerprint density at radius 1 is 1.37 bits per heavy atom. The van der Waals surface area contributed by atoms with E-state index in [1.54, 1.807) is 6.07 Å². The second-order valence-corrected chi connectivity index (χ2v) is 8.09. The van der Waals surface area contributed by atoms with E-state index in [9.17, 15) is 9.59 Å². The van der Waals surface area contributed by atoms with E-state index in [0.29, 0.717) is 50.0 Å². The van der Waals surface area contributed by atoms with Crippen molar-refractivity contribution in [3.8, 4) is 0 Å². The van der Waals surface area contributed by atoms with Crippen LogP contribution in [0.4, 0.5) is 11.6 Å². The van der Waals surface area contributed by atoms with Crippen LogP contribution in [0, 0.1) is 12.8 Å². The van der Waals surface area contributed by atoms with Gasteiger partial charge >= 0.3 is 0 Å². The highest BCUT2D eigenvalue weighted by atomic mass is 35.5. The number of nitrogens with two attached hydrogens (primary N) is 1. The SMILES string of the molecule is Cc1nc(N)ccc1CNC(=O)C1CCc2c(Cl)nc(NCC3CCOC3)c(=O)n21. The summed E-state index contributed by atoms with van der Waals surface area (Å²) in [6.07, 6.45) is 1.97. The Balaban J connectivity index is 1.50. The molecular weight excluding hydrogens is 408 g/mol. The van der Waals surface area contributed by atoms with Gasteiger partial charge in [-0.1, -0.05) is 17.7 Å². The largest absolute Gasteiger partial charge is 0.384 e. The van der Waals surface area contributed by atoms with E-state index in [2.05, 4.69) is 20.6 Å². The highest BCUT2D eigenvalue weighted by molar-refractivity contribution is 6.30. The molecule has 2 aromatic rings. The zero-order chi connectivity index (χ0) is 21.3. The monoisotopic (exact) mass is 432 g/mol. The second kappa shape index (κ2) is 8.61. The van der Waals surface area contributed by atoms with Gasteiger partial charge in [0.1, 0.15) is 11.9 Å². The average Bonchev–Trinajstić information content (AvgIpc) is 3.39. The first kappa shape index (κ1) is 20.6. The number of fused-ring (bicyclic) bond motifs is 1. The van der Waals surface area contributed by atoms with E-state index >= 15 is 0 Å². The number of aryl methyl sites for hydroxylation is 1. The molecule has 0 radical (unpaired) electrons. The van der Waals surface area contributed by atoms with Crippen molar-refractivity contribution >= 4 is 29.1 Å². The van der Waals surface area contributed by atoms with E-state index in [1.807, 2.05) is 13.0 Å². The maximum Gasteiger partial charge on any atom is 0.294 e. The standard InChI is InChI=1S/C20H25ClN6O3/c1-11-13(2-5-16(22)25-11)9-24-19(28)15-4-3-14-17(21)26-18(20(29)27(14)15)23-8-12-6-7-30-10-12/h2,5,12,15H,3-4,6-10H2,1H3,(H2,22,25)(H,23,26)(H,24,28). The van der Waals surface area contributed by atoms with Gasteiger partial charge in [-0.15, -0.1) is 0 Å². The number of carbonyl (C=O) groups is 1. The first-order valence-electron chi connectivity index (χ1n) is 10.1. The quantitative estimate of drug-likeness (QED) is 0.630. The van der Waals surface area contributed by atoms with E-state index < -0.39 is 6.04 Å². The Morgan fingerprint density at radius 3 is 2.93 bits per heavy atom. The number of nitrogens with zero attached hydrogens (tertiary/aromatic N) is 3. The third-order valence-electron chi connectivity index (χ3n) is 5.68. The van der Waals surface area contributed by atoms with Gasteiger partial charge in [-0.25, -0.2) is 9.97 Å². The number of amides is 1. The van der Waals surface area contributed by atoms with Gasteiger partial charge in [0, 0.05) is 31.3 Å². The summed E-state index contributed by atoms with van der Waals surface area (Å²) in [7, 11) is 0. The predicted molar refractivity (Wildman–Crippen MR) is 114 cm³/mol. The zero-order valence-electron chi connectivity index (χ0n) is 16.8. The van der Waals surface area contributed by atoms with Crippen molar-refractivity contribution in [1.82, 2.24) is 19.9 Å². The minimum Gasteiger partial charge on any atom is -0.384 e. The van der Waals surface area contributed by atoms with Crippen LogP contribution in [0.15, 0.2) is 16.9 Å². The Hall–Kier alpha value is -2.65. The molecule has 0 aliphatic carbocycles. The number of nitrogens with one attached hydrogen (secondary N) is 2. The Bertz CT molecular complexity index is 1020. The molecular formula is C20H25ClN6O3.